The van der Waals surface area contributed by atoms with E-state index < -0.39 is 0 Å². The molecule has 0 aliphatic carbocycles. The molecule has 0 aromatic heterocycles. The number of rotatable bonds is 3. The van der Waals surface area contributed by atoms with E-state index in [0.29, 0.717) is 5.56 Å². The van der Waals surface area contributed by atoms with Gasteiger partial charge in [0.15, 0.2) is 5.78 Å². The smallest absolute Gasteiger partial charge is 0.159 e. The van der Waals surface area contributed by atoms with Crippen LogP contribution in [0, 0.1) is 5.82 Å². The van der Waals surface area contributed by atoms with Crippen LogP contribution in [-0.2, 0) is 0 Å². The zero-order valence-electron chi connectivity index (χ0n) is 9.41. The second-order valence-corrected chi connectivity index (χ2v) is 3.77. The summed E-state index contributed by atoms with van der Waals surface area (Å²) < 4.78 is 12.7. The SMILES string of the molecule is CC(=O)c1ccc(Nc2ccc(F)cc2)cc1. The Kier molecular flexibility index (Phi) is 3.19. The fourth-order valence-electron chi connectivity index (χ4n) is 1.49. The minimum absolute atomic E-state index is 0.0401. The zero-order valence-corrected chi connectivity index (χ0v) is 9.41. The standard InChI is InChI=1S/C14H12FNO/c1-10(17)11-2-6-13(7-3-11)16-14-8-4-12(15)5-9-14/h2-9,16H,1H3. The van der Waals surface area contributed by atoms with Gasteiger partial charge >= 0.3 is 0 Å². The minimum atomic E-state index is -0.262. The Hall–Kier alpha value is -2.16. The lowest BCUT2D eigenvalue weighted by Gasteiger charge is -2.06. The molecule has 2 nitrogen and oxygen atoms in total. The molecule has 0 fully saturated rings. The van der Waals surface area contributed by atoms with E-state index in [1.165, 1.54) is 19.1 Å². The van der Waals surface area contributed by atoms with E-state index in [1.807, 2.05) is 12.1 Å². The van der Waals surface area contributed by atoms with Gasteiger partial charge in [0.05, 0.1) is 0 Å². The quantitative estimate of drug-likeness (QED) is 0.811. The fraction of sp³-hybridized carbons (Fsp3) is 0.0714. The molecule has 0 unspecified atom stereocenters. The van der Waals surface area contributed by atoms with Crippen LogP contribution in [0.25, 0.3) is 0 Å². The summed E-state index contributed by atoms with van der Waals surface area (Å²) in [5, 5.41) is 3.12. The molecular formula is C14H12FNO. The number of anilines is 2. The molecule has 0 aliphatic rings. The molecule has 0 spiro atoms. The Morgan fingerprint density at radius 2 is 1.41 bits per heavy atom. The molecule has 0 saturated carbocycles. The van der Waals surface area contributed by atoms with Crippen LogP contribution in [-0.4, -0.2) is 5.78 Å². The van der Waals surface area contributed by atoms with Crippen LogP contribution < -0.4 is 5.32 Å². The van der Waals surface area contributed by atoms with Crippen LogP contribution in [0.4, 0.5) is 15.8 Å². The van der Waals surface area contributed by atoms with Crippen LogP contribution in [0.1, 0.15) is 17.3 Å². The minimum Gasteiger partial charge on any atom is -0.356 e. The van der Waals surface area contributed by atoms with Crippen LogP contribution in [0.15, 0.2) is 48.5 Å². The van der Waals surface area contributed by atoms with Crippen molar-refractivity contribution in [3.8, 4) is 0 Å². The Morgan fingerprint density at radius 1 is 0.941 bits per heavy atom. The third-order valence-electron chi connectivity index (χ3n) is 2.42. The summed E-state index contributed by atoms with van der Waals surface area (Å²) in [6, 6.07) is 13.3. The summed E-state index contributed by atoms with van der Waals surface area (Å²) >= 11 is 0. The molecular weight excluding hydrogens is 217 g/mol. The normalized spacial score (nSPS) is 10.0. The Balaban J connectivity index is 2.13. The highest BCUT2D eigenvalue weighted by Gasteiger charge is 1.99. The number of halogens is 1. The molecule has 86 valence electrons. The topological polar surface area (TPSA) is 29.1 Å². The molecule has 0 amide bonds. The van der Waals surface area contributed by atoms with Gasteiger partial charge in [-0.2, -0.15) is 0 Å². The van der Waals surface area contributed by atoms with Gasteiger partial charge in [0, 0.05) is 16.9 Å². The van der Waals surface area contributed by atoms with E-state index in [2.05, 4.69) is 5.32 Å². The second kappa shape index (κ2) is 4.78. The van der Waals surface area contributed by atoms with Crippen LogP contribution in [0.5, 0.6) is 0 Å². The number of benzene rings is 2. The fourth-order valence-corrected chi connectivity index (χ4v) is 1.49. The highest BCUT2D eigenvalue weighted by molar-refractivity contribution is 5.94. The van der Waals surface area contributed by atoms with Crippen molar-refractivity contribution in [3.63, 3.8) is 0 Å². The summed E-state index contributed by atoms with van der Waals surface area (Å²) in [5.74, 6) is -0.221. The molecule has 2 rings (SSSR count). The van der Waals surface area contributed by atoms with Crippen molar-refractivity contribution < 1.29 is 9.18 Å². The molecule has 0 heterocycles. The molecule has 0 radical (unpaired) electrons. The van der Waals surface area contributed by atoms with Gasteiger partial charge in [-0.1, -0.05) is 0 Å². The first-order valence-corrected chi connectivity index (χ1v) is 5.29. The van der Waals surface area contributed by atoms with Crippen LogP contribution >= 0.6 is 0 Å². The Bertz CT molecular complexity index is 517. The zero-order chi connectivity index (χ0) is 12.3. The summed E-state index contributed by atoms with van der Waals surface area (Å²) in [4.78, 5) is 11.1. The van der Waals surface area contributed by atoms with E-state index in [-0.39, 0.29) is 11.6 Å². The van der Waals surface area contributed by atoms with Gasteiger partial charge in [0.25, 0.3) is 0 Å². The molecule has 1 N–H and O–H groups in total. The maximum Gasteiger partial charge on any atom is 0.159 e. The number of carbonyl (C=O) groups is 1. The highest BCUT2D eigenvalue weighted by Crippen LogP contribution is 2.17. The molecule has 3 heteroatoms. The van der Waals surface area contributed by atoms with E-state index in [4.69, 9.17) is 0 Å². The van der Waals surface area contributed by atoms with Crippen LogP contribution in [0.2, 0.25) is 0 Å². The maximum absolute atomic E-state index is 12.7. The molecule has 2 aromatic carbocycles. The van der Waals surface area contributed by atoms with Crippen molar-refractivity contribution >= 4 is 17.2 Å². The summed E-state index contributed by atoms with van der Waals surface area (Å²) in [6.45, 7) is 1.53. The number of carbonyl (C=O) groups excluding carboxylic acids is 1. The maximum atomic E-state index is 12.7. The predicted octanol–water partition coefficient (Wildman–Crippen LogP) is 3.77. The lowest BCUT2D eigenvalue weighted by molar-refractivity contribution is 0.101. The largest absolute Gasteiger partial charge is 0.356 e. The first-order chi connectivity index (χ1) is 8.15. The third-order valence-corrected chi connectivity index (χ3v) is 2.42. The second-order valence-electron chi connectivity index (χ2n) is 3.77. The molecule has 2 aromatic rings. The number of nitrogens with one attached hydrogen (secondary N) is 1. The molecule has 0 bridgehead atoms. The van der Waals surface area contributed by atoms with Crippen LogP contribution in [0.3, 0.4) is 0 Å². The molecule has 17 heavy (non-hydrogen) atoms. The van der Waals surface area contributed by atoms with Gasteiger partial charge in [-0.3, -0.25) is 4.79 Å². The first kappa shape index (κ1) is 11.3. The van der Waals surface area contributed by atoms with E-state index in [1.54, 1.807) is 24.3 Å². The molecule has 0 saturated heterocycles. The van der Waals surface area contributed by atoms with Crippen molar-refractivity contribution in [3.05, 3.63) is 59.9 Å². The predicted molar refractivity (Wildman–Crippen MR) is 66.1 cm³/mol. The van der Waals surface area contributed by atoms with E-state index in [0.717, 1.165) is 11.4 Å². The summed E-state index contributed by atoms with van der Waals surface area (Å²) in [6.07, 6.45) is 0. The van der Waals surface area contributed by atoms with Gasteiger partial charge in [0.2, 0.25) is 0 Å². The van der Waals surface area contributed by atoms with Gasteiger partial charge in [0.1, 0.15) is 5.82 Å². The van der Waals surface area contributed by atoms with Crippen molar-refractivity contribution in [2.24, 2.45) is 0 Å². The number of ketones is 1. The Labute approximate surface area is 99.1 Å². The summed E-state index contributed by atoms with van der Waals surface area (Å²) in [5.41, 5.74) is 2.35. The number of Topliss-reactive ketones (excluding diaryl/α,β-unsaturated/α-hetero) is 1. The average Bonchev–Trinajstić information content (AvgIpc) is 2.33. The monoisotopic (exact) mass is 229 g/mol. The number of hydrogen-bond donors (Lipinski definition) is 1. The van der Waals surface area contributed by atoms with Gasteiger partial charge in [-0.25, -0.2) is 4.39 Å². The Morgan fingerprint density at radius 3 is 1.88 bits per heavy atom. The average molecular weight is 229 g/mol. The first-order valence-electron chi connectivity index (χ1n) is 5.29. The van der Waals surface area contributed by atoms with Gasteiger partial charge < -0.3 is 5.32 Å². The molecule has 0 aliphatic heterocycles. The lowest BCUT2D eigenvalue weighted by Crippen LogP contribution is -1.94. The van der Waals surface area contributed by atoms with Crippen molar-refractivity contribution in [1.82, 2.24) is 0 Å². The lowest BCUT2D eigenvalue weighted by atomic mass is 10.1. The van der Waals surface area contributed by atoms with Crippen molar-refractivity contribution in [1.29, 1.82) is 0 Å². The van der Waals surface area contributed by atoms with Crippen molar-refractivity contribution in [2.75, 3.05) is 5.32 Å². The molecule has 0 atom stereocenters. The van der Waals surface area contributed by atoms with E-state index in [9.17, 15) is 9.18 Å². The van der Waals surface area contributed by atoms with Crippen molar-refractivity contribution in [2.45, 2.75) is 6.92 Å². The van der Waals surface area contributed by atoms with Gasteiger partial charge in [-0.15, -0.1) is 0 Å². The summed E-state index contributed by atoms with van der Waals surface area (Å²) in [7, 11) is 0. The number of hydrogen-bond acceptors (Lipinski definition) is 2. The third kappa shape index (κ3) is 2.91. The highest BCUT2D eigenvalue weighted by atomic mass is 19.1. The van der Waals surface area contributed by atoms with Gasteiger partial charge in [-0.05, 0) is 55.5 Å². The van der Waals surface area contributed by atoms with E-state index >= 15 is 0 Å².